The molecular formula is C12H10N2O3S2. The van der Waals surface area contributed by atoms with Crippen LogP contribution in [0.3, 0.4) is 0 Å². The van der Waals surface area contributed by atoms with Gasteiger partial charge >= 0.3 is 0 Å². The van der Waals surface area contributed by atoms with Crippen LogP contribution in [0, 0.1) is 0 Å². The normalized spacial score (nSPS) is 17.7. The van der Waals surface area contributed by atoms with Crippen LogP contribution in [0.5, 0.6) is 0 Å². The molecule has 0 bridgehead atoms. The largest absolute Gasteiger partial charge is 0.465 e. The van der Waals surface area contributed by atoms with E-state index in [0.717, 1.165) is 16.8 Å². The molecule has 1 aromatic heterocycles. The molecule has 0 spiro atoms. The van der Waals surface area contributed by atoms with Gasteiger partial charge in [-0.2, -0.15) is 5.01 Å². The predicted molar refractivity (Wildman–Crippen MR) is 76.7 cm³/mol. The lowest BCUT2D eigenvalue weighted by Gasteiger charge is -2.13. The fourth-order valence-electron chi connectivity index (χ4n) is 1.35. The molecule has 0 aromatic carbocycles. The maximum atomic E-state index is 11.9. The van der Waals surface area contributed by atoms with Gasteiger partial charge in [0.2, 0.25) is 5.91 Å². The third-order valence-corrected chi connectivity index (χ3v) is 3.43. The Labute approximate surface area is 119 Å². The molecule has 19 heavy (non-hydrogen) atoms. The number of carbonyl (C=O) groups excluding carboxylic acids is 2. The number of hydrogen-bond donors (Lipinski definition) is 1. The summed E-state index contributed by atoms with van der Waals surface area (Å²) in [6.07, 6.45) is 6.61. The van der Waals surface area contributed by atoms with Crippen LogP contribution in [-0.4, -0.2) is 21.1 Å². The Kier molecular flexibility index (Phi) is 4.18. The molecular weight excluding hydrogens is 284 g/mol. The van der Waals surface area contributed by atoms with Crippen LogP contribution < -0.4 is 5.43 Å². The van der Waals surface area contributed by atoms with E-state index in [1.165, 1.54) is 6.92 Å². The van der Waals surface area contributed by atoms with Crippen molar-refractivity contribution < 1.29 is 14.0 Å². The smallest absolute Gasteiger partial charge is 0.285 e. The van der Waals surface area contributed by atoms with E-state index in [2.05, 4.69) is 5.43 Å². The first-order valence-corrected chi connectivity index (χ1v) is 6.56. The summed E-state index contributed by atoms with van der Waals surface area (Å²) in [5.41, 5.74) is 2.37. The van der Waals surface area contributed by atoms with Crippen LogP contribution in [0.25, 0.3) is 6.08 Å². The highest BCUT2D eigenvalue weighted by Crippen LogP contribution is 2.29. The summed E-state index contributed by atoms with van der Waals surface area (Å²) in [5.74, 6) is 0.00608. The predicted octanol–water partition coefficient (Wildman–Crippen LogP) is 2.09. The zero-order chi connectivity index (χ0) is 13.8. The molecule has 0 unspecified atom stereocenters. The van der Waals surface area contributed by atoms with Crippen molar-refractivity contribution >= 4 is 46.2 Å². The van der Waals surface area contributed by atoms with E-state index in [1.807, 2.05) is 0 Å². The van der Waals surface area contributed by atoms with Gasteiger partial charge < -0.3 is 4.42 Å². The summed E-state index contributed by atoms with van der Waals surface area (Å²) in [6.45, 7) is 1.32. The molecule has 1 N–H and O–H groups in total. The zero-order valence-corrected chi connectivity index (χ0v) is 11.6. The number of allylic oxidation sites excluding steroid dienone is 2. The summed E-state index contributed by atoms with van der Waals surface area (Å²) in [4.78, 5) is 23.3. The first kappa shape index (κ1) is 13.6. The Morgan fingerprint density at radius 1 is 1.58 bits per heavy atom. The van der Waals surface area contributed by atoms with Crippen molar-refractivity contribution in [1.29, 1.82) is 0 Å². The van der Waals surface area contributed by atoms with Crippen LogP contribution >= 0.6 is 24.0 Å². The van der Waals surface area contributed by atoms with Gasteiger partial charge in [-0.1, -0.05) is 17.8 Å². The molecule has 2 heterocycles. The zero-order valence-electron chi connectivity index (χ0n) is 9.95. The molecule has 1 saturated heterocycles. The standard InChI is InChI=1S/C12H10N2O3S2/c1-8(15)13-14-11(16)10(19-12(14)18)6-2-4-9-5-3-7-17-9/h2-7H,1H3,(H,13,15). The molecule has 1 fully saturated rings. The van der Waals surface area contributed by atoms with Crippen molar-refractivity contribution in [1.82, 2.24) is 10.4 Å². The molecule has 2 rings (SSSR count). The molecule has 2 amide bonds. The first-order chi connectivity index (χ1) is 9.08. The monoisotopic (exact) mass is 294 g/mol. The van der Waals surface area contributed by atoms with E-state index in [4.69, 9.17) is 16.6 Å². The second-order valence-electron chi connectivity index (χ2n) is 3.58. The van der Waals surface area contributed by atoms with E-state index in [9.17, 15) is 9.59 Å². The molecule has 98 valence electrons. The summed E-state index contributed by atoms with van der Waals surface area (Å²) in [5, 5.41) is 1.06. The topological polar surface area (TPSA) is 62.6 Å². The lowest BCUT2D eigenvalue weighted by Crippen LogP contribution is -2.43. The van der Waals surface area contributed by atoms with Crippen LogP contribution in [0.2, 0.25) is 0 Å². The number of hydrogen-bond acceptors (Lipinski definition) is 5. The minimum Gasteiger partial charge on any atom is -0.465 e. The Hall–Kier alpha value is -1.86. The average molecular weight is 294 g/mol. The van der Waals surface area contributed by atoms with Crippen LogP contribution in [0.4, 0.5) is 0 Å². The van der Waals surface area contributed by atoms with E-state index in [1.54, 1.807) is 36.6 Å². The number of rotatable bonds is 3. The fraction of sp³-hybridized carbons (Fsp3) is 0.0833. The molecule has 1 aliphatic rings. The Morgan fingerprint density at radius 2 is 2.37 bits per heavy atom. The lowest BCUT2D eigenvalue weighted by atomic mass is 10.3. The van der Waals surface area contributed by atoms with Crippen molar-refractivity contribution in [2.75, 3.05) is 0 Å². The molecule has 1 aliphatic heterocycles. The quantitative estimate of drug-likeness (QED) is 0.683. The fourth-order valence-corrected chi connectivity index (χ4v) is 2.48. The van der Waals surface area contributed by atoms with Crippen molar-refractivity contribution in [3.63, 3.8) is 0 Å². The van der Waals surface area contributed by atoms with Gasteiger partial charge in [-0.15, -0.1) is 0 Å². The number of furan rings is 1. The maximum absolute atomic E-state index is 11.9. The number of carbonyl (C=O) groups is 2. The van der Waals surface area contributed by atoms with E-state index in [-0.39, 0.29) is 11.8 Å². The van der Waals surface area contributed by atoms with Crippen LogP contribution in [0.15, 0.2) is 39.9 Å². The minimum atomic E-state index is -0.344. The Bertz CT molecular complexity index is 576. The minimum absolute atomic E-state index is 0.304. The Morgan fingerprint density at radius 3 is 3.00 bits per heavy atom. The second kappa shape index (κ2) is 5.85. The molecule has 1 aromatic rings. The number of thiocarbonyl (C=S) groups is 1. The summed E-state index contributed by atoms with van der Waals surface area (Å²) in [6, 6.07) is 3.57. The van der Waals surface area contributed by atoms with Gasteiger partial charge in [0, 0.05) is 6.92 Å². The van der Waals surface area contributed by atoms with Gasteiger partial charge in [0.1, 0.15) is 5.76 Å². The molecule has 7 heteroatoms. The van der Waals surface area contributed by atoms with Crippen LogP contribution in [0.1, 0.15) is 12.7 Å². The number of nitrogens with one attached hydrogen (secondary N) is 1. The second-order valence-corrected chi connectivity index (χ2v) is 5.26. The van der Waals surface area contributed by atoms with Gasteiger partial charge in [-0.3, -0.25) is 15.0 Å². The van der Waals surface area contributed by atoms with Crippen molar-refractivity contribution in [2.24, 2.45) is 0 Å². The highest BCUT2D eigenvalue weighted by atomic mass is 32.2. The lowest BCUT2D eigenvalue weighted by molar-refractivity contribution is -0.132. The van der Waals surface area contributed by atoms with Crippen molar-refractivity contribution in [3.8, 4) is 0 Å². The third kappa shape index (κ3) is 3.33. The molecule has 0 aliphatic carbocycles. The molecule has 0 saturated carbocycles. The molecule has 0 atom stereocenters. The summed E-state index contributed by atoms with van der Waals surface area (Å²) >= 11 is 6.15. The van der Waals surface area contributed by atoms with Gasteiger partial charge in [-0.05, 0) is 36.5 Å². The van der Waals surface area contributed by atoms with E-state index in [0.29, 0.717) is 15.0 Å². The van der Waals surface area contributed by atoms with Crippen molar-refractivity contribution in [3.05, 3.63) is 41.2 Å². The highest BCUT2D eigenvalue weighted by Gasteiger charge is 2.32. The first-order valence-electron chi connectivity index (χ1n) is 5.33. The van der Waals surface area contributed by atoms with Gasteiger partial charge in [0.05, 0.1) is 11.2 Å². The highest BCUT2D eigenvalue weighted by molar-refractivity contribution is 8.26. The summed E-state index contributed by atoms with van der Waals surface area (Å²) in [7, 11) is 0. The number of nitrogens with zero attached hydrogens (tertiary/aromatic N) is 1. The van der Waals surface area contributed by atoms with Gasteiger partial charge in [-0.25, -0.2) is 0 Å². The Balaban J connectivity index is 2.08. The number of amides is 2. The van der Waals surface area contributed by atoms with Crippen molar-refractivity contribution in [2.45, 2.75) is 6.92 Å². The molecule has 5 nitrogen and oxygen atoms in total. The van der Waals surface area contributed by atoms with E-state index >= 15 is 0 Å². The van der Waals surface area contributed by atoms with Gasteiger partial charge in [0.15, 0.2) is 4.32 Å². The number of hydrazine groups is 1. The average Bonchev–Trinajstić information content (AvgIpc) is 2.94. The summed E-state index contributed by atoms with van der Waals surface area (Å²) < 4.78 is 5.42. The molecule has 0 radical (unpaired) electrons. The van der Waals surface area contributed by atoms with E-state index < -0.39 is 0 Å². The van der Waals surface area contributed by atoms with Crippen LogP contribution in [-0.2, 0) is 9.59 Å². The number of thioether (sulfide) groups is 1. The SMILES string of the molecule is CC(=O)NN1C(=O)C(=CC=Cc2ccco2)SC1=S. The maximum Gasteiger partial charge on any atom is 0.285 e. The third-order valence-electron chi connectivity index (χ3n) is 2.11. The van der Waals surface area contributed by atoms with Gasteiger partial charge in [0.25, 0.3) is 5.91 Å².